The molecule has 32 heavy (non-hydrogen) atoms. The van der Waals surface area contributed by atoms with Crippen molar-refractivity contribution in [3.05, 3.63) is 46.8 Å². The van der Waals surface area contributed by atoms with Crippen molar-refractivity contribution in [2.75, 3.05) is 33.4 Å². The van der Waals surface area contributed by atoms with E-state index < -0.39 is 0 Å². The second-order valence-electron chi connectivity index (χ2n) is 8.86. The van der Waals surface area contributed by atoms with E-state index in [0.717, 1.165) is 76.3 Å². The highest BCUT2D eigenvalue weighted by atomic mass is 16.5. The number of carbonyl (C=O) groups excluding carboxylic acids is 1. The first-order valence-electron chi connectivity index (χ1n) is 11.9. The van der Waals surface area contributed by atoms with Crippen LogP contribution in [-0.2, 0) is 42.1 Å². The van der Waals surface area contributed by atoms with Gasteiger partial charge in [0, 0.05) is 43.7 Å². The number of aryl methyl sites for hydroxylation is 2. The van der Waals surface area contributed by atoms with E-state index in [0.29, 0.717) is 18.9 Å². The number of benzene rings is 1. The quantitative estimate of drug-likeness (QED) is 0.649. The highest BCUT2D eigenvalue weighted by molar-refractivity contribution is 5.76. The average molecular weight is 441 g/mol. The Morgan fingerprint density at radius 3 is 2.75 bits per heavy atom. The van der Waals surface area contributed by atoms with Crippen molar-refractivity contribution in [1.82, 2.24) is 20.0 Å². The summed E-state index contributed by atoms with van der Waals surface area (Å²) in [4.78, 5) is 14.8. The van der Waals surface area contributed by atoms with Gasteiger partial charge in [-0.05, 0) is 62.9 Å². The normalized spacial score (nSPS) is 17.2. The highest BCUT2D eigenvalue weighted by Gasteiger charge is 2.25. The maximum absolute atomic E-state index is 12.3. The van der Waals surface area contributed by atoms with Crippen molar-refractivity contribution in [3.8, 4) is 5.75 Å². The molecule has 0 atom stereocenters. The number of hydrogen-bond acceptors (Lipinski definition) is 5. The Labute approximate surface area is 191 Å². The van der Waals surface area contributed by atoms with Gasteiger partial charge in [-0.3, -0.25) is 14.4 Å². The lowest BCUT2D eigenvalue weighted by molar-refractivity contribution is -0.121. The fourth-order valence-corrected chi connectivity index (χ4v) is 4.72. The van der Waals surface area contributed by atoms with Crippen LogP contribution >= 0.6 is 0 Å². The van der Waals surface area contributed by atoms with E-state index in [1.165, 1.54) is 17.0 Å². The topological polar surface area (TPSA) is 68.6 Å². The predicted molar refractivity (Wildman–Crippen MR) is 124 cm³/mol. The number of carbonyl (C=O) groups is 1. The average Bonchev–Trinajstić information content (AvgIpc) is 3.20. The van der Waals surface area contributed by atoms with Crippen LogP contribution in [0, 0.1) is 5.92 Å². The molecular weight excluding hydrogens is 404 g/mol. The van der Waals surface area contributed by atoms with E-state index in [1.807, 2.05) is 24.3 Å². The molecule has 2 aliphatic heterocycles. The molecule has 7 nitrogen and oxygen atoms in total. The standard InChI is InChI=1S/C25H36N4O3/c1-3-29-24-12-15-32-18-22(24)23(27-29)17-28-13-10-20(11-14-28)16-26-25(30)9-6-19-4-7-21(31-2)8-5-19/h4-5,7-8,20H,3,6,9-18H2,1-2H3,(H,26,30). The molecule has 0 bridgehead atoms. The molecule has 2 aromatic rings. The van der Waals surface area contributed by atoms with Crippen LogP contribution in [0.5, 0.6) is 5.75 Å². The SMILES string of the molecule is CCn1nc(CN2CCC(CNC(=O)CCc3ccc(OC)cc3)CC2)c2c1CCOC2. The van der Waals surface area contributed by atoms with Crippen LogP contribution in [0.1, 0.15) is 48.7 Å². The summed E-state index contributed by atoms with van der Waals surface area (Å²) in [5.74, 6) is 1.54. The molecular formula is C25H36N4O3. The molecule has 0 spiro atoms. The van der Waals surface area contributed by atoms with Gasteiger partial charge in [-0.25, -0.2) is 0 Å². The number of ether oxygens (including phenoxy) is 2. The van der Waals surface area contributed by atoms with Crippen molar-refractivity contribution in [1.29, 1.82) is 0 Å². The van der Waals surface area contributed by atoms with Gasteiger partial charge in [-0.1, -0.05) is 12.1 Å². The van der Waals surface area contributed by atoms with E-state index in [1.54, 1.807) is 7.11 Å². The minimum atomic E-state index is 0.139. The number of fused-ring (bicyclic) bond motifs is 1. The van der Waals surface area contributed by atoms with Gasteiger partial charge in [-0.15, -0.1) is 0 Å². The zero-order valence-corrected chi connectivity index (χ0v) is 19.4. The Kier molecular flexibility index (Phi) is 7.81. The maximum atomic E-state index is 12.3. The zero-order valence-electron chi connectivity index (χ0n) is 19.4. The summed E-state index contributed by atoms with van der Waals surface area (Å²) >= 11 is 0. The first-order chi connectivity index (χ1) is 15.7. The lowest BCUT2D eigenvalue weighted by Gasteiger charge is -2.31. The van der Waals surface area contributed by atoms with Gasteiger partial charge in [-0.2, -0.15) is 5.10 Å². The van der Waals surface area contributed by atoms with Gasteiger partial charge in [0.1, 0.15) is 5.75 Å². The third-order valence-corrected chi connectivity index (χ3v) is 6.75. The lowest BCUT2D eigenvalue weighted by atomic mass is 9.96. The van der Waals surface area contributed by atoms with Crippen LogP contribution in [-0.4, -0.2) is 53.9 Å². The predicted octanol–water partition coefficient (Wildman–Crippen LogP) is 2.95. The summed E-state index contributed by atoms with van der Waals surface area (Å²) in [5, 5.41) is 8.02. The van der Waals surface area contributed by atoms with Gasteiger partial charge < -0.3 is 14.8 Å². The van der Waals surface area contributed by atoms with Crippen LogP contribution in [0.3, 0.4) is 0 Å². The van der Waals surface area contributed by atoms with Gasteiger partial charge in [0.25, 0.3) is 0 Å². The molecule has 1 N–H and O–H groups in total. The number of aromatic nitrogens is 2. The third kappa shape index (κ3) is 5.70. The van der Waals surface area contributed by atoms with E-state index in [9.17, 15) is 4.79 Å². The molecule has 1 amide bonds. The van der Waals surface area contributed by atoms with Crippen LogP contribution in [0.25, 0.3) is 0 Å². The monoisotopic (exact) mass is 440 g/mol. The lowest BCUT2D eigenvalue weighted by Crippen LogP contribution is -2.38. The molecule has 0 aliphatic carbocycles. The molecule has 0 radical (unpaired) electrons. The maximum Gasteiger partial charge on any atom is 0.220 e. The Morgan fingerprint density at radius 1 is 1.25 bits per heavy atom. The summed E-state index contributed by atoms with van der Waals surface area (Å²) < 4.78 is 13.0. The minimum Gasteiger partial charge on any atom is -0.497 e. The first kappa shape index (κ1) is 22.8. The Hall–Kier alpha value is -2.38. The van der Waals surface area contributed by atoms with E-state index >= 15 is 0 Å². The molecule has 4 rings (SSSR count). The Morgan fingerprint density at radius 2 is 2.03 bits per heavy atom. The van der Waals surface area contributed by atoms with Gasteiger partial charge >= 0.3 is 0 Å². The summed E-state index contributed by atoms with van der Waals surface area (Å²) in [6.07, 6.45) is 4.49. The first-order valence-corrected chi connectivity index (χ1v) is 11.9. The second-order valence-corrected chi connectivity index (χ2v) is 8.86. The molecule has 1 aromatic carbocycles. The number of methoxy groups -OCH3 is 1. The number of hydrogen-bond donors (Lipinski definition) is 1. The van der Waals surface area contributed by atoms with Crippen molar-refractivity contribution in [2.24, 2.45) is 5.92 Å². The number of likely N-dealkylation sites (tertiary alicyclic amines) is 1. The number of amides is 1. The van der Waals surface area contributed by atoms with Crippen LogP contribution < -0.4 is 10.1 Å². The molecule has 1 saturated heterocycles. The fourth-order valence-electron chi connectivity index (χ4n) is 4.72. The zero-order chi connectivity index (χ0) is 22.3. The molecule has 1 aromatic heterocycles. The number of piperidine rings is 1. The molecule has 7 heteroatoms. The van der Waals surface area contributed by atoms with Crippen LogP contribution in [0.4, 0.5) is 0 Å². The fraction of sp³-hybridized carbons (Fsp3) is 0.600. The van der Waals surface area contributed by atoms with E-state index in [-0.39, 0.29) is 5.91 Å². The van der Waals surface area contributed by atoms with Crippen LogP contribution in [0.2, 0.25) is 0 Å². The summed E-state index contributed by atoms with van der Waals surface area (Å²) in [5.41, 5.74) is 5.02. The van der Waals surface area contributed by atoms with Crippen molar-refractivity contribution in [2.45, 2.75) is 58.7 Å². The summed E-state index contributed by atoms with van der Waals surface area (Å²) in [6.45, 7) is 8.37. The van der Waals surface area contributed by atoms with E-state index in [2.05, 4.69) is 21.8 Å². The molecule has 3 heterocycles. The molecule has 0 unspecified atom stereocenters. The van der Waals surface area contributed by atoms with Gasteiger partial charge in [0.15, 0.2) is 0 Å². The molecule has 1 fully saturated rings. The minimum absolute atomic E-state index is 0.139. The largest absolute Gasteiger partial charge is 0.497 e. The van der Waals surface area contributed by atoms with Crippen molar-refractivity contribution in [3.63, 3.8) is 0 Å². The van der Waals surface area contributed by atoms with Crippen molar-refractivity contribution >= 4 is 5.91 Å². The Bertz CT molecular complexity index is 885. The molecule has 2 aliphatic rings. The number of nitrogens with one attached hydrogen (secondary N) is 1. The number of rotatable bonds is 9. The van der Waals surface area contributed by atoms with E-state index in [4.69, 9.17) is 14.6 Å². The third-order valence-electron chi connectivity index (χ3n) is 6.75. The second kappa shape index (κ2) is 11.0. The summed E-state index contributed by atoms with van der Waals surface area (Å²) in [7, 11) is 1.66. The number of nitrogens with zero attached hydrogens (tertiary/aromatic N) is 3. The molecule has 174 valence electrons. The summed E-state index contributed by atoms with van der Waals surface area (Å²) in [6, 6.07) is 7.93. The van der Waals surface area contributed by atoms with Crippen LogP contribution in [0.15, 0.2) is 24.3 Å². The smallest absolute Gasteiger partial charge is 0.220 e. The van der Waals surface area contributed by atoms with Crippen molar-refractivity contribution < 1.29 is 14.3 Å². The van der Waals surface area contributed by atoms with Gasteiger partial charge in [0.05, 0.1) is 26.0 Å². The van der Waals surface area contributed by atoms with Gasteiger partial charge in [0.2, 0.25) is 5.91 Å². The Balaban J connectivity index is 1.17. The highest BCUT2D eigenvalue weighted by Crippen LogP contribution is 2.24. The molecule has 0 saturated carbocycles.